The lowest BCUT2D eigenvalue weighted by atomic mass is 10.00. The lowest BCUT2D eigenvalue weighted by Gasteiger charge is -2.39. The summed E-state index contributed by atoms with van der Waals surface area (Å²) in [6.07, 6.45) is 1.44. The van der Waals surface area contributed by atoms with E-state index in [4.69, 9.17) is 14.2 Å². The van der Waals surface area contributed by atoms with E-state index >= 15 is 0 Å². The number of amides is 3. The maximum absolute atomic E-state index is 13.1. The Morgan fingerprint density at radius 1 is 1.12 bits per heavy atom. The first kappa shape index (κ1) is 29.4. The number of aryl methyl sites for hydroxylation is 1. The number of hydrogen-bond acceptors (Lipinski definition) is 6. The zero-order valence-corrected chi connectivity index (χ0v) is 24.0. The lowest BCUT2D eigenvalue weighted by Crippen LogP contribution is -2.57. The van der Waals surface area contributed by atoms with Gasteiger partial charge in [-0.2, -0.15) is 0 Å². The van der Waals surface area contributed by atoms with Crippen LogP contribution in [0.2, 0.25) is 0 Å². The topological polar surface area (TPSA) is 97.4 Å². The number of nitrogens with one attached hydrogen (secondary N) is 1. The molecule has 1 fully saturated rings. The zero-order chi connectivity index (χ0) is 28.6. The van der Waals surface area contributed by atoms with Crippen LogP contribution >= 0.6 is 0 Å². The van der Waals surface area contributed by atoms with E-state index in [0.717, 1.165) is 11.1 Å². The molecule has 1 saturated heterocycles. The molecule has 0 spiro atoms. The van der Waals surface area contributed by atoms with Gasteiger partial charge in [0.25, 0.3) is 0 Å². The molecule has 2 heterocycles. The highest BCUT2D eigenvalue weighted by Gasteiger charge is 2.34. The molecule has 4 rings (SSSR count). The van der Waals surface area contributed by atoms with Gasteiger partial charge in [-0.3, -0.25) is 14.4 Å². The molecule has 4 bridgehead atoms. The Morgan fingerprint density at radius 3 is 2.70 bits per heavy atom. The molecule has 0 unspecified atom stereocenters. The maximum atomic E-state index is 13.1. The van der Waals surface area contributed by atoms with Crippen molar-refractivity contribution in [2.75, 3.05) is 33.3 Å². The molecule has 216 valence electrons. The summed E-state index contributed by atoms with van der Waals surface area (Å²) in [5.41, 5.74) is 1.85. The summed E-state index contributed by atoms with van der Waals surface area (Å²) in [6.45, 7) is 7.57. The average Bonchev–Trinajstić information content (AvgIpc) is 2.93. The standard InChI is InChI=1S/C31H41N3O6/c1-5-33-19-29(35)32-25-13-14-34(31(37)15-21(2)3)18-28(25)39-20-23-7-6-8-24(16-23)40-27-17-22(10-12-30(33)36)9-11-26(27)38-4/h6-9,11,16-17,21,25,28H,5,10,12-15,18-20H2,1-4H3,(H,32,35)/t25-,28-/m0/s1. The van der Waals surface area contributed by atoms with Gasteiger partial charge in [0, 0.05) is 32.5 Å². The minimum Gasteiger partial charge on any atom is -0.493 e. The van der Waals surface area contributed by atoms with Crippen LogP contribution in [0.5, 0.6) is 17.2 Å². The van der Waals surface area contributed by atoms with Crippen LogP contribution in [0.1, 0.15) is 51.2 Å². The van der Waals surface area contributed by atoms with Crippen molar-refractivity contribution in [3.8, 4) is 17.2 Å². The molecular formula is C31H41N3O6. The van der Waals surface area contributed by atoms with E-state index in [9.17, 15) is 14.4 Å². The fraction of sp³-hybridized carbons (Fsp3) is 0.516. The van der Waals surface area contributed by atoms with Crippen LogP contribution in [0, 0.1) is 5.92 Å². The molecule has 0 radical (unpaired) electrons. The number of rotatable bonds is 4. The van der Waals surface area contributed by atoms with E-state index in [2.05, 4.69) is 5.32 Å². The Morgan fingerprint density at radius 2 is 1.95 bits per heavy atom. The van der Waals surface area contributed by atoms with Gasteiger partial charge in [-0.1, -0.05) is 32.0 Å². The quantitative estimate of drug-likeness (QED) is 0.619. The first-order chi connectivity index (χ1) is 19.2. The fourth-order valence-electron chi connectivity index (χ4n) is 5.15. The van der Waals surface area contributed by atoms with Gasteiger partial charge in [-0.25, -0.2) is 0 Å². The summed E-state index contributed by atoms with van der Waals surface area (Å²) in [5.74, 6) is 1.82. The smallest absolute Gasteiger partial charge is 0.239 e. The van der Waals surface area contributed by atoms with E-state index in [1.807, 2.05) is 68.1 Å². The van der Waals surface area contributed by atoms with Gasteiger partial charge < -0.3 is 29.3 Å². The number of likely N-dealkylation sites (tertiary alicyclic amines) is 1. The number of fused-ring (bicyclic) bond motifs is 5. The van der Waals surface area contributed by atoms with Crippen LogP contribution in [-0.2, 0) is 32.1 Å². The molecule has 40 heavy (non-hydrogen) atoms. The summed E-state index contributed by atoms with van der Waals surface area (Å²) >= 11 is 0. The number of likely N-dealkylation sites (N-methyl/N-ethyl adjacent to an activating group) is 1. The third-order valence-electron chi connectivity index (χ3n) is 7.36. The van der Waals surface area contributed by atoms with Crippen molar-refractivity contribution in [2.24, 2.45) is 5.92 Å². The molecule has 9 nitrogen and oxygen atoms in total. The predicted molar refractivity (Wildman–Crippen MR) is 151 cm³/mol. The summed E-state index contributed by atoms with van der Waals surface area (Å²) in [4.78, 5) is 42.4. The van der Waals surface area contributed by atoms with Crippen LogP contribution < -0.4 is 14.8 Å². The Kier molecular flexibility index (Phi) is 10.0. The molecule has 0 saturated carbocycles. The van der Waals surface area contributed by atoms with Gasteiger partial charge in [0.2, 0.25) is 17.7 Å². The summed E-state index contributed by atoms with van der Waals surface area (Å²) in [7, 11) is 1.59. The second-order valence-electron chi connectivity index (χ2n) is 10.9. The molecule has 1 N–H and O–H groups in total. The van der Waals surface area contributed by atoms with Crippen LogP contribution in [-0.4, -0.2) is 73.0 Å². The number of nitrogens with zero attached hydrogens (tertiary/aromatic N) is 2. The first-order valence-electron chi connectivity index (χ1n) is 14.2. The maximum Gasteiger partial charge on any atom is 0.239 e. The van der Waals surface area contributed by atoms with E-state index in [0.29, 0.717) is 56.1 Å². The number of carbonyl (C=O) groups excluding carboxylic acids is 3. The van der Waals surface area contributed by atoms with Gasteiger partial charge in [-0.15, -0.1) is 0 Å². The normalized spacial score (nSPS) is 20.6. The van der Waals surface area contributed by atoms with Gasteiger partial charge in [-0.05, 0) is 61.1 Å². The number of benzene rings is 2. The van der Waals surface area contributed by atoms with Crippen molar-refractivity contribution in [2.45, 2.75) is 65.2 Å². The Bertz CT molecular complexity index is 1200. The van der Waals surface area contributed by atoms with Gasteiger partial charge in [0.05, 0.1) is 32.4 Å². The highest BCUT2D eigenvalue weighted by Crippen LogP contribution is 2.33. The van der Waals surface area contributed by atoms with Gasteiger partial charge >= 0.3 is 0 Å². The van der Waals surface area contributed by atoms with Gasteiger partial charge in [0.1, 0.15) is 5.75 Å². The molecule has 2 aliphatic rings. The highest BCUT2D eigenvalue weighted by atomic mass is 16.5. The zero-order valence-electron chi connectivity index (χ0n) is 24.0. The number of carbonyl (C=O) groups is 3. The third-order valence-corrected chi connectivity index (χ3v) is 7.36. The average molecular weight is 552 g/mol. The number of methoxy groups -OCH3 is 1. The molecule has 2 aromatic rings. The SMILES string of the molecule is CCN1CC(=O)N[C@H]2CCN(C(=O)CC(C)C)C[C@@H]2OCc2cccc(c2)Oc2cc(ccc2OC)CCC1=O. The molecule has 2 aliphatic heterocycles. The first-order valence-corrected chi connectivity index (χ1v) is 14.2. The van der Waals surface area contributed by atoms with Crippen molar-refractivity contribution < 1.29 is 28.6 Å². The Hall–Kier alpha value is -3.59. The molecule has 0 aromatic heterocycles. The number of piperidine rings is 1. The molecular weight excluding hydrogens is 510 g/mol. The van der Waals surface area contributed by atoms with Crippen LogP contribution in [0.25, 0.3) is 0 Å². The van der Waals surface area contributed by atoms with Crippen molar-refractivity contribution in [3.05, 3.63) is 53.6 Å². The van der Waals surface area contributed by atoms with Crippen LogP contribution in [0.3, 0.4) is 0 Å². The van der Waals surface area contributed by atoms with E-state index in [1.165, 1.54) is 0 Å². The predicted octanol–water partition coefficient (Wildman–Crippen LogP) is 3.93. The highest BCUT2D eigenvalue weighted by molar-refractivity contribution is 5.85. The van der Waals surface area contributed by atoms with E-state index in [-0.39, 0.29) is 55.4 Å². The second-order valence-corrected chi connectivity index (χ2v) is 10.9. The largest absolute Gasteiger partial charge is 0.493 e. The van der Waals surface area contributed by atoms with Crippen molar-refractivity contribution in [1.29, 1.82) is 0 Å². The third kappa shape index (κ3) is 7.75. The summed E-state index contributed by atoms with van der Waals surface area (Å²) < 4.78 is 18.1. The second kappa shape index (κ2) is 13.7. The number of ether oxygens (including phenoxy) is 3. The molecule has 2 aromatic carbocycles. The molecule has 3 amide bonds. The van der Waals surface area contributed by atoms with Crippen molar-refractivity contribution >= 4 is 17.7 Å². The molecule has 9 heteroatoms. The lowest BCUT2D eigenvalue weighted by molar-refractivity contribution is -0.140. The minimum absolute atomic E-state index is 0.0203. The molecule has 2 atom stereocenters. The Labute approximate surface area is 236 Å². The van der Waals surface area contributed by atoms with E-state index in [1.54, 1.807) is 12.0 Å². The molecule has 0 aliphatic carbocycles. The van der Waals surface area contributed by atoms with E-state index < -0.39 is 0 Å². The summed E-state index contributed by atoms with van der Waals surface area (Å²) in [5, 5.41) is 3.10. The Balaban J connectivity index is 1.61. The number of hydrogen-bond donors (Lipinski definition) is 1. The van der Waals surface area contributed by atoms with Crippen molar-refractivity contribution in [1.82, 2.24) is 15.1 Å². The monoisotopic (exact) mass is 551 g/mol. The minimum atomic E-state index is -0.389. The fourth-order valence-corrected chi connectivity index (χ4v) is 5.15. The summed E-state index contributed by atoms with van der Waals surface area (Å²) in [6, 6.07) is 13.0. The van der Waals surface area contributed by atoms with Crippen LogP contribution in [0.15, 0.2) is 42.5 Å². The van der Waals surface area contributed by atoms with Gasteiger partial charge in [0.15, 0.2) is 11.5 Å². The van der Waals surface area contributed by atoms with Crippen LogP contribution in [0.4, 0.5) is 0 Å². The van der Waals surface area contributed by atoms with Crippen molar-refractivity contribution in [3.63, 3.8) is 0 Å².